The van der Waals surface area contributed by atoms with Crippen LogP contribution in [0.5, 0.6) is 0 Å². The number of ether oxygens (including phenoxy) is 1. The zero-order valence-corrected chi connectivity index (χ0v) is 15.5. The Morgan fingerprint density at radius 2 is 1.60 bits per heavy atom. The molecule has 3 aromatic rings. The minimum atomic E-state index is 0.148. The van der Waals surface area contributed by atoms with Gasteiger partial charge in [0.05, 0.1) is 12.1 Å². The summed E-state index contributed by atoms with van der Waals surface area (Å²) >= 11 is 1.83. The van der Waals surface area contributed by atoms with Crippen molar-refractivity contribution in [3.05, 3.63) is 87.6 Å². The van der Waals surface area contributed by atoms with Gasteiger partial charge in [-0.25, -0.2) is 0 Å². The highest BCUT2D eigenvalue weighted by Gasteiger charge is 2.31. The molecule has 0 N–H and O–H groups in total. The van der Waals surface area contributed by atoms with Gasteiger partial charge in [-0.1, -0.05) is 53.6 Å². The quantitative estimate of drug-likeness (QED) is 0.572. The summed E-state index contributed by atoms with van der Waals surface area (Å²) in [4.78, 5) is 3.79. The molecule has 0 saturated carbocycles. The van der Waals surface area contributed by atoms with Gasteiger partial charge in [0.2, 0.25) is 0 Å². The molecule has 0 spiro atoms. The summed E-state index contributed by atoms with van der Waals surface area (Å²) in [7, 11) is 0. The summed E-state index contributed by atoms with van der Waals surface area (Å²) in [5.74, 6) is 0. The Morgan fingerprint density at radius 3 is 2.24 bits per heavy atom. The minimum Gasteiger partial charge on any atom is -0.353 e. The Balaban J connectivity index is 1.63. The third kappa shape index (κ3) is 3.48. The van der Waals surface area contributed by atoms with Gasteiger partial charge in [0.25, 0.3) is 0 Å². The molecular weight excluding hydrogens is 326 g/mol. The van der Waals surface area contributed by atoms with Gasteiger partial charge in [-0.2, -0.15) is 0 Å². The molecule has 2 heterocycles. The molecular formula is C22H23NOS. The van der Waals surface area contributed by atoms with E-state index >= 15 is 0 Å². The maximum atomic E-state index is 6.26. The maximum absolute atomic E-state index is 6.26. The fourth-order valence-electron chi connectivity index (χ4n) is 3.41. The van der Waals surface area contributed by atoms with Gasteiger partial charge in [0, 0.05) is 17.0 Å². The first-order chi connectivity index (χ1) is 12.2. The average Bonchev–Trinajstić information content (AvgIpc) is 3.17. The molecule has 2 aromatic carbocycles. The van der Waals surface area contributed by atoms with Crippen LogP contribution in [0.15, 0.2) is 66.0 Å². The molecule has 1 saturated heterocycles. The highest BCUT2D eigenvalue weighted by Crippen LogP contribution is 2.41. The number of hydrogen-bond donors (Lipinski definition) is 0. The van der Waals surface area contributed by atoms with E-state index < -0.39 is 0 Å². The molecule has 1 aliphatic rings. The molecule has 3 heteroatoms. The summed E-state index contributed by atoms with van der Waals surface area (Å²) < 4.78 is 6.26. The van der Waals surface area contributed by atoms with Crippen molar-refractivity contribution in [3.63, 3.8) is 0 Å². The summed E-state index contributed by atoms with van der Waals surface area (Å²) in [6, 6.07) is 22.2. The molecule has 1 fully saturated rings. The molecule has 2 nitrogen and oxygen atoms in total. The van der Waals surface area contributed by atoms with Crippen LogP contribution in [0.25, 0.3) is 0 Å². The van der Waals surface area contributed by atoms with E-state index in [-0.39, 0.29) is 6.10 Å². The topological polar surface area (TPSA) is 12.5 Å². The smallest absolute Gasteiger partial charge is 0.120 e. The lowest BCUT2D eigenvalue weighted by atomic mass is 9.97. The first kappa shape index (κ1) is 16.4. The monoisotopic (exact) mass is 349 g/mol. The van der Waals surface area contributed by atoms with Crippen molar-refractivity contribution < 1.29 is 4.74 Å². The highest BCUT2D eigenvalue weighted by atomic mass is 32.1. The van der Waals surface area contributed by atoms with Gasteiger partial charge < -0.3 is 9.64 Å². The van der Waals surface area contributed by atoms with E-state index in [1.165, 1.54) is 27.3 Å². The predicted octanol–water partition coefficient (Wildman–Crippen LogP) is 6.03. The number of hydrogen-bond acceptors (Lipinski definition) is 3. The second-order valence-corrected chi connectivity index (χ2v) is 7.75. The zero-order chi connectivity index (χ0) is 17.2. The Hall–Kier alpha value is -2.10. The van der Waals surface area contributed by atoms with Crippen molar-refractivity contribution in [1.29, 1.82) is 0 Å². The van der Waals surface area contributed by atoms with Gasteiger partial charge in [0.15, 0.2) is 0 Å². The molecule has 1 aliphatic heterocycles. The normalized spacial score (nSPS) is 20.6. The first-order valence-electron chi connectivity index (χ1n) is 8.75. The maximum Gasteiger partial charge on any atom is 0.120 e. The molecule has 0 amide bonds. The first-order valence-corrected chi connectivity index (χ1v) is 9.63. The number of thiophene rings is 1. The number of aryl methyl sites for hydroxylation is 2. The number of rotatable bonds is 3. The predicted molar refractivity (Wildman–Crippen MR) is 105 cm³/mol. The van der Waals surface area contributed by atoms with Crippen LogP contribution in [0, 0.1) is 13.8 Å². The fourth-order valence-corrected chi connectivity index (χ4v) is 4.27. The van der Waals surface area contributed by atoms with Crippen molar-refractivity contribution in [2.45, 2.75) is 32.4 Å². The molecule has 0 radical (unpaired) electrons. The largest absolute Gasteiger partial charge is 0.353 e. The Morgan fingerprint density at radius 1 is 0.920 bits per heavy atom. The standard InChI is InChI=1S/C22H23NOS/c1-16-5-9-18(10-6-16)21-14-20(22-4-3-13-25-22)23(15-24-21)19-11-7-17(2)8-12-19/h3-13,20-21H,14-15H2,1-2H3/t20-,21-/m1/s1. The van der Waals surface area contributed by atoms with E-state index in [9.17, 15) is 0 Å². The Kier molecular flexibility index (Phi) is 4.60. The van der Waals surface area contributed by atoms with Crippen molar-refractivity contribution >= 4 is 17.0 Å². The van der Waals surface area contributed by atoms with Crippen molar-refractivity contribution in [1.82, 2.24) is 0 Å². The third-order valence-corrected chi connectivity index (χ3v) is 5.89. The lowest BCUT2D eigenvalue weighted by molar-refractivity contribution is 0.00773. The summed E-state index contributed by atoms with van der Waals surface area (Å²) in [6.07, 6.45) is 1.12. The van der Waals surface area contributed by atoms with Crippen molar-refractivity contribution in [2.24, 2.45) is 0 Å². The van der Waals surface area contributed by atoms with E-state index in [4.69, 9.17) is 4.74 Å². The molecule has 0 bridgehead atoms. The van der Waals surface area contributed by atoms with Crippen LogP contribution >= 0.6 is 11.3 Å². The number of anilines is 1. The van der Waals surface area contributed by atoms with Crippen LogP contribution in [0.4, 0.5) is 5.69 Å². The Labute approximate surface area is 153 Å². The molecule has 0 unspecified atom stereocenters. The van der Waals surface area contributed by atoms with Gasteiger partial charge in [-0.05, 0) is 43.0 Å². The molecule has 128 valence electrons. The summed E-state index contributed by atoms with van der Waals surface area (Å²) in [5.41, 5.74) is 5.07. The second-order valence-electron chi connectivity index (χ2n) is 6.77. The van der Waals surface area contributed by atoms with Crippen LogP contribution in [0.2, 0.25) is 0 Å². The zero-order valence-electron chi connectivity index (χ0n) is 14.7. The lowest BCUT2D eigenvalue weighted by Gasteiger charge is -2.40. The van der Waals surface area contributed by atoms with Crippen molar-refractivity contribution in [3.8, 4) is 0 Å². The minimum absolute atomic E-state index is 0.148. The Bertz CT molecular complexity index is 808. The third-order valence-electron chi connectivity index (χ3n) is 4.91. The van der Waals surface area contributed by atoms with Gasteiger partial charge in [-0.3, -0.25) is 0 Å². The molecule has 4 rings (SSSR count). The van der Waals surface area contributed by atoms with E-state index in [1.807, 2.05) is 11.3 Å². The molecule has 1 aromatic heterocycles. The molecule has 25 heavy (non-hydrogen) atoms. The summed E-state index contributed by atoms with van der Waals surface area (Å²) in [6.45, 7) is 4.86. The van der Waals surface area contributed by atoms with Crippen LogP contribution in [-0.2, 0) is 4.74 Å². The van der Waals surface area contributed by atoms with Crippen molar-refractivity contribution in [2.75, 3.05) is 11.6 Å². The number of nitrogens with zero attached hydrogens (tertiary/aromatic N) is 1. The number of benzene rings is 2. The van der Waals surface area contributed by atoms with E-state index in [0.29, 0.717) is 12.8 Å². The molecule has 0 aliphatic carbocycles. The molecule has 2 atom stereocenters. The van der Waals surface area contributed by atoms with Crippen LogP contribution in [0.3, 0.4) is 0 Å². The fraction of sp³-hybridized carbons (Fsp3) is 0.273. The van der Waals surface area contributed by atoms with Crippen LogP contribution in [0.1, 0.15) is 40.1 Å². The van der Waals surface area contributed by atoms with Gasteiger partial charge in [0.1, 0.15) is 6.73 Å². The van der Waals surface area contributed by atoms with Gasteiger partial charge in [-0.15, -0.1) is 11.3 Å². The van der Waals surface area contributed by atoms with E-state index in [0.717, 1.165) is 6.42 Å². The lowest BCUT2D eigenvalue weighted by Crippen LogP contribution is -2.37. The highest BCUT2D eigenvalue weighted by molar-refractivity contribution is 7.10. The summed E-state index contributed by atoms with van der Waals surface area (Å²) in [5, 5.41) is 2.17. The van der Waals surface area contributed by atoms with Crippen LogP contribution < -0.4 is 4.90 Å². The van der Waals surface area contributed by atoms with E-state index in [2.05, 4.69) is 84.8 Å². The SMILES string of the molecule is Cc1ccc([C@H]2C[C@H](c3cccs3)N(c3ccc(C)cc3)CO2)cc1. The van der Waals surface area contributed by atoms with Crippen LogP contribution in [-0.4, -0.2) is 6.73 Å². The van der Waals surface area contributed by atoms with E-state index in [1.54, 1.807) is 0 Å². The average molecular weight is 349 g/mol. The van der Waals surface area contributed by atoms with Gasteiger partial charge >= 0.3 is 0 Å². The second kappa shape index (κ2) is 7.03.